The summed E-state index contributed by atoms with van der Waals surface area (Å²) in [4.78, 5) is 27.8. The fourth-order valence-corrected chi connectivity index (χ4v) is 2.90. The van der Waals surface area contributed by atoms with Crippen LogP contribution in [0.5, 0.6) is 0 Å². The number of hydrogen-bond donors (Lipinski definition) is 1. The second kappa shape index (κ2) is 6.60. The maximum absolute atomic E-state index is 12.4. The minimum absolute atomic E-state index is 0.00883. The highest BCUT2D eigenvalue weighted by Gasteiger charge is 2.22. The van der Waals surface area contributed by atoms with Gasteiger partial charge in [-0.05, 0) is 42.5 Å². The van der Waals surface area contributed by atoms with Crippen molar-refractivity contribution in [2.24, 2.45) is 0 Å². The Labute approximate surface area is 134 Å². The van der Waals surface area contributed by atoms with E-state index in [1.807, 2.05) is 12.1 Å². The topological polar surface area (TPSA) is 68.3 Å². The highest BCUT2D eigenvalue weighted by molar-refractivity contribution is 5.94. The van der Waals surface area contributed by atoms with Crippen molar-refractivity contribution in [2.45, 2.75) is 25.3 Å². The number of benzene rings is 1. The number of hydrogen-bond acceptors (Lipinski definition) is 4. The zero-order chi connectivity index (χ0) is 16.2. The standard InChI is InChI=1S/C18H18N2O3/c1-23-18(22)13-9-10-16(19-11-13)17(21)20-15-8-4-6-12-5-2-3-7-14(12)15/h2-3,5,7,9-11,15H,4,6,8H2,1H3,(H,20,21). The summed E-state index contributed by atoms with van der Waals surface area (Å²) in [5.41, 5.74) is 3.09. The summed E-state index contributed by atoms with van der Waals surface area (Å²) >= 11 is 0. The lowest BCUT2D eigenvalue weighted by molar-refractivity contribution is 0.0599. The third-order valence-corrected chi connectivity index (χ3v) is 4.09. The quantitative estimate of drug-likeness (QED) is 0.885. The van der Waals surface area contributed by atoms with Crippen LogP contribution in [0, 0.1) is 0 Å². The second-order valence-electron chi connectivity index (χ2n) is 5.54. The molecule has 1 unspecified atom stereocenters. The molecule has 5 nitrogen and oxygen atoms in total. The van der Waals surface area contributed by atoms with Crippen LogP contribution in [0.25, 0.3) is 0 Å². The molecule has 1 aromatic heterocycles. The molecule has 0 saturated carbocycles. The maximum Gasteiger partial charge on any atom is 0.339 e. The number of nitrogens with one attached hydrogen (secondary N) is 1. The van der Waals surface area contributed by atoms with E-state index < -0.39 is 5.97 Å². The van der Waals surface area contributed by atoms with E-state index in [1.54, 1.807) is 6.07 Å². The van der Waals surface area contributed by atoms with Crippen LogP contribution in [0.15, 0.2) is 42.6 Å². The van der Waals surface area contributed by atoms with Gasteiger partial charge in [-0.1, -0.05) is 24.3 Å². The summed E-state index contributed by atoms with van der Waals surface area (Å²) in [7, 11) is 1.31. The van der Waals surface area contributed by atoms with Gasteiger partial charge in [-0.3, -0.25) is 9.78 Å². The summed E-state index contributed by atoms with van der Waals surface area (Å²) in [5, 5.41) is 3.04. The van der Waals surface area contributed by atoms with Gasteiger partial charge in [-0.2, -0.15) is 0 Å². The summed E-state index contributed by atoms with van der Waals surface area (Å²) < 4.78 is 4.62. The molecule has 2 aromatic rings. The van der Waals surface area contributed by atoms with Crippen molar-refractivity contribution in [2.75, 3.05) is 7.11 Å². The number of amides is 1. The van der Waals surface area contributed by atoms with Gasteiger partial charge in [0.05, 0.1) is 18.7 Å². The Morgan fingerprint density at radius 1 is 1.22 bits per heavy atom. The van der Waals surface area contributed by atoms with Crippen LogP contribution in [0.1, 0.15) is 50.9 Å². The number of ether oxygens (including phenoxy) is 1. The Morgan fingerprint density at radius 3 is 2.78 bits per heavy atom. The first-order chi connectivity index (χ1) is 11.2. The Kier molecular flexibility index (Phi) is 4.37. The van der Waals surface area contributed by atoms with Gasteiger partial charge in [0, 0.05) is 6.20 Å². The normalized spacial score (nSPS) is 16.3. The van der Waals surface area contributed by atoms with Gasteiger partial charge in [-0.25, -0.2) is 4.79 Å². The number of aromatic nitrogens is 1. The molecular weight excluding hydrogens is 292 g/mol. The summed E-state index contributed by atoms with van der Waals surface area (Å²) in [6.45, 7) is 0. The molecule has 5 heteroatoms. The molecule has 1 aromatic carbocycles. The van der Waals surface area contributed by atoms with E-state index in [-0.39, 0.29) is 11.9 Å². The van der Waals surface area contributed by atoms with Crippen molar-refractivity contribution in [1.29, 1.82) is 0 Å². The third-order valence-electron chi connectivity index (χ3n) is 4.09. The largest absolute Gasteiger partial charge is 0.465 e. The van der Waals surface area contributed by atoms with E-state index in [1.165, 1.54) is 30.5 Å². The lowest BCUT2D eigenvalue weighted by atomic mass is 9.87. The second-order valence-corrected chi connectivity index (χ2v) is 5.54. The monoisotopic (exact) mass is 310 g/mol. The van der Waals surface area contributed by atoms with E-state index in [0.29, 0.717) is 11.3 Å². The summed E-state index contributed by atoms with van der Waals surface area (Å²) in [5.74, 6) is -0.700. The van der Waals surface area contributed by atoms with Crippen molar-refractivity contribution in [1.82, 2.24) is 10.3 Å². The average molecular weight is 310 g/mol. The molecule has 0 saturated heterocycles. The van der Waals surface area contributed by atoms with Crippen LogP contribution in [0.4, 0.5) is 0 Å². The van der Waals surface area contributed by atoms with Crippen LogP contribution < -0.4 is 5.32 Å². The Hall–Kier alpha value is -2.69. The minimum Gasteiger partial charge on any atom is -0.465 e. The number of esters is 1. The lowest BCUT2D eigenvalue weighted by Crippen LogP contribution is -2.31. The first-order valence-corrected chi connectivity index (χ1v) is 7.62. The SMILES string of the molecule is COC(=O)c1ccc(C(=O)NC2CCCc3ccccc32)nc1. The van der Waals surface area contributed by atoms with Crippen LogP contribution in [0.3, 0.4) is 0 Å². The highest BCUT2D eigenvalue weighted by atomic mass is 16.5. The van der Waals surface area contributed by atoms with Gasteiger partial charge in [0.2, 0.25) is 0 Å². The first kappa shape index (κ1) is 15.2. The average Bonchev–Trinajstić information content (AvgIpc) is 2.61. The van der Waals surface area contributed by atoms with Gasteiger partial charge >= 0.3 is 5.97 Å². The number of carbonyl (C=O) groups is 2. The molecule has 0 spiro atoms. The first-order valence-electron chi connectivity index (χ1n) is 7.62. The number of fused-ring (bicyclic) bond motifs is 1. The van der Waals surface area contributed by atoms with Gasteiger partial charge in [-0.15, -0.1) is 0 Å². The Morgan fingerprint density at radius 2 is 2.04 bits per heavy atom. The number of rotatable bonds is 3. The fourth-order valence-electron chi connectivity index (χ4n) is 2.90. The molecule has 1 N–H and O–H groups in total. The van der Waals surface area contributed by atoms with Crippen LogP contribution >= 0.6 is 0 Å². The van der Waals surface area contributed by atoms with Gasteiger partial charge in [0.15, 0.2) is 0 Å². The summed E-state index contributed by atoms with van der Waals surface area (Å²) in [6.07, 6.45) is 4.38. The molecule has 0 fully saturated rings. The molecule has 0 radical (unpaired) electrons. The molecule has 1 atom stereocenters. The molecule has 0 bridgehead atoms. The van der Waals surface area contributed by atoms with Crippen LogP contribution in [-0.2, 0) is 11.2 Å². The zero-order valence-corrected chi connectivity index (χ0v) is 12.9. The number of carbonyl (C=O) groups excluding carboxylic acids is 2. The molecule has 1 aliphatic rings. The molecule has 118 valence electrons. The fraction of sp³-hybridized carbons (Fsp3) is 0.278. The van der Waals surface area contributed by atoms with E-state index >= 15 is 0 Å². The van der Waals surface area contributed by atoms with Gasteiger partial charge in [0.25, 0.3) is 5.91 Å². The van der Waals surface area contributed by atoms with Crippen molar-refractivity contribution in [3.63, 3.8) is 0 Å². The molecule has 0 aliphatic heterocycles. The minimum atomic E-state index is -0.467. The van der Waals surface area contributed by atoms with Crippen molar-refractivity contribution >= 4 is 11.9 Å². The smallest absolute Gasteiger partial charge is 0.339 e. The third kappa shape index (κ3) is 3.23. The van der Waals surface area contributed by atoms with Crippen LogP contribution in [0.2, 0.25) is 0 Å². The molecule has 1 heterocycles. The van der Waals surface area contributed by atoms with Crippen molar-refractivity contribution < 1.29 is 14.3 Å². The van der Waals surface area contributed by atoms with Crippen LogP contribution in [-0.4, -0.2) is 24.0 Å². The molecular formula is C18H18N2O3. The summed E-state index contributed by atoms with van der Waals surface area (Å²) in [6, 6.07) is 11.3. The van der Waals surface area contributed by atoms with E-state index in [0.717, 1.165) is 19.3 Å². The molecule has 1 aliphatic carbocycles. The number of aryl methyl sites for hydroxylation is 1. The maximum atomic E-state index is 12.4. The molecule has 3 rings (SSSR count). The van der Waals surface area contributed by atoms with Crippen molar-refractivity contribution in [3.05, 3.63) is 65.0 Å². The number of nitrogens with zero attached hydrogens (tertiary/aromatic N) is 1. The predicted molar refractivity (Wildman–Crippen MR) is 85.2 cm³/mol. The van der Waals surface area contributed by atoms with Crippen molar-refractivity contribution in [3.8, 4) is 0 Å². The Bertz CT molecular complexity index is 725. The predicted octanol–water partition coefficient (Wildman–Crippen LogP) is 2.68. The van der Waals surface area contributed by atoms with E-state index in [9.17, 15) is 9.59 Å². The van der Waals surface area contributed by atoms with Gasteiger partial charge in [0.1, 0.15) is 5.69 Å². The number of pyridine rings is 1. The molecule has 1 amide bonds. The number of methoxy groups -OCH3 is 1. The highest BCUT2D eigenvalue weighted by Crippen LogP contribution is 2.29. The van der Waals surface area contributed by atoms with E-state index in [2.05, 4.69) is 27.2 Å². The zero-order valence-electron chi connectivity index (χ0n) is 12.9. The Balaban J connectivity index is 1.74. The molecule has 23 heavy (non-hydrogen) atoms. The lowest BCUT2D eigenvalue weighted by Gasteiger charge is -2.26. The van der Waals surface area contributed by atoms with Gasteiger partial charge < -0.3 is 10.1 Å². The van der Waals surface area contributed by atoms with E-state index in [4.69, 9.17) is 0 Å².